The van der Waals surface area contributed by atoms with Crippen molar-refractivity contribution in [2.75, 3.05) is 39.3 Å². The summed E-state index contributed by atoms with van der Waals surface area (Å²) < 4.78 is 0. The number of carbonyl (C=O) groups is 1. The minimum absolute atomic E-state index is 0.116. The van der Waals surface area contributed by atoms with E-state index in [1.807, 2.05) is 4.90 Å². The van der Waals surface area contributed by atoms with Gasteiger partial charge in [0, 0.05) is 45.3 Å². The van der Waals surface area contributed by atoms with Crippen molar-refractivity contribution < 1.29 is 4.79 Å². The van der Waals surface area contributed by atoms with E-state index < -0.39 is 0 Å². The fourth-order valence-corrected chi connectivity index (χ4v) is 2.38. The highest BCUT2D eigenvalue weighted by Crippen LogP contribution is 2.13. The van der Waals surface area contributed by atoms with Crippen LogP contribution in [-0.4, -0.2) is 67.2 Å². The molecule has 0 aromatic heterocycles. The van der Waals surface area contributed by atoms with Crippen molar-refractivity contribution in [2.24, 2.45) is 0 Å². The van der Waals surface area contributed by atoms with E-state index in [-0.39, 0.29) is 6.03 Å². The molecule has 1 unspecified atom stereocenters. The van der Waals surface area contributed by atoms with Crippen LogP contribution in [0.25, 0.3) is 0 Å². The van der Waals surface area contributed by atoms with Gasteiger partial charge >= 0.3 is 6.03 Å². The first-order valence-corrected chi connectivity index (χ1v) is 6.17. The number of hydrogen-bond acceptors (Lipinski definition) is 3. The highest BCUT2D eigenvalue weighted by Gasteiger charge is 2.34. The summed E-state index contributed by atoms with van der Waals surface area (Å²) in [5.74, 6) is 0. The van der Waals surface area contributed by atoms with Crippen LogP contribution < -0.4 is 10.6 Å². The molecule has 2 amide bonds. The van der Waals surface area contributed by atoms with Crippen molar-refractivity contribution in [1.29, 1.82) is 0 Å². The van der Waals surface area contributed by atoms with Gasteiger partial charge in [0.2, 0.25) is 0 Å². The first-order valence-electron chi connectivity index (χ1n) is 6.17. The molecule has 2 aliphatic heterocycles. The van der Waals surface area contributed by atoms with Crippen molar-refractivity contribution in [3.63, 3.8) is 0 Å². The zero-order valence-corrected chi connectivity index (χ0v) is 10.2. The number of piperazine rings is 1. The largest absolute Gasteiger partial charge is 0.336 e. The van der Waals surface area contributed by atoms with Gasteiger partial charge in [-0.1, -0.05) is 13.8 Å². The molecule has 2 rings (SSSR count). The van der Waals surface area contributed by atoms with Crippen LogP contribution in [0.2, 0.25) is 0 Å². The van der Waals surface area contributed by atoms with Gasteiger partial charge in [-0.25, -0.2) is 4.79 Å². The number of carbonyl (C=O) groups excluding carboxylic acids is 1. The minimum Gasteiger partial charge on any atom is -0.336 e. The lowest BCUT2D eigenvalue weighted by Crippen LogP contribution is -2.53. The number of amides is 2. The lowest BCUT2D eigenvalue weighted by atomic mass is 10.2. The summed E-state index contributed by atoms with van der Waals surface area (Å²) in [6.45, 7) is 10.1. The second kappa shape index (κ2) is 5.01. The highest BCUT2D eigenvalue weighted by molar-refractivity contribution is 5.77. The van der Waals surface area contributed by atoms with Gasteiger partial charge in [-0.05, 0) is 0 Å². The number of nitrogens with one attached hydrogen (secondary N) is 2. The van der Waals surface area contributed by atoms with E-state index in [4.69, 9.17) is 0 Å². The van der Waals surface area contributed by atoms with Crippen LogP contribution in [0.3, 0.4) is 0 Å². The number of urea groups is 1. The zero-order valence-electron chi connectivity index (χ0n) is 10.2. The molecule has 0 saturated carbocycles. The lowest BCUT2D eigenvalue weighted by Gasteiger charge is -2.36. The summed E-state index contributed by atoms with van der Waals surface area (Å²) >= 11 is 0. The van der Waals surface area contributed by atoms with E-state index in [2.05, 4.69) is 29.4 Å². The van der Waals surface area contributed by atoms with Crippen LogP contribution >= 0.6 is 0 Å². The van der Waals surface area contributed by atoms with Crippen molar-refractivity contribution >= 4 is 6.03 Å². The smallest absolute Gasteiger partial charge is 0.317 e. The number of fused-ring (bicyclic) bond motifs is 1. The maximum atomic E-state index is 11.4. The summed E-state index contributed by atoms with van der Waals surface area (Å²) in [6, 6.07) is 1.06. The van der Waals surface area contributed by atoms with E-state index in [0.29, 0.717) is 12.1 Å². The standard InChI is InChI=1S/C11H22N4O/c1-9(2)12-3-4-14-5-6-15-10(8-14)7-13-11(15)16/h9-10,12H,3-8H2,1-2H3,(H,13,16). The molecule has 2 aliphatic rings. The SMILES string of the molecule is CC(C)NCCN1CCN2C(=O)NCC2C1. The van der Waals surface area contributed by atoms with Crippen LogP contribution in [0.1, 0.15) is 13.8 Å². The molecule has 2 fully saturated rings. The third-order valence-electron chi connectivity index (χ3n) is 3.30. The Bertz CT molecular complexity index is 256. The first kappa shape index (κ1) is 11.7. The van der Waals surface area contributed by atoms with Crippen LogP contribution in [0.15, 0.2) is 0 Å². The molecular formula is C11H22N4O. The number of rotatable bonds is 4. The maximum absolute atomic E-state index is 11.4. The van der Waals surface area contributed by atoms with E-state index in [0.717, 1.165) is 39.3 Å². The Morgan fingerprint density at radius 1 is 1.50 bits per heavy atom. The Balaban J connectivity index is 1.72. The molecule has 92 valence electrons. The number of hydrogen-bond donors (Lipinski definition) is 2. The second-order valence-corrected chi connectivity index (χ2v) is 4.94. The molecule has 0 aliphatic carbocycles. The fraction of sp³-hybridized carbons (Fsp3) is 0.909. The van der Waals surface area contributed by atoms with Crippen molar-refractivity contribution in [3.8, 4) is 0 Å². The van der Waals surface area contributed by atoms with Gasteiger partial charge in [0.15, 0.2) is 0 Å². The molecule has 0 bridgehead atoms. The minimum atomic E-state index is 0.116. The topological polar surface area (TPSA) is 47.6 Å². The quantitative estimate of drug-likeness (QED) is 0.691. The summed E-state index contributed by atoms with van der Waals surface area (Å²) in [6.07, 6.45) is 0. The van der Waals surface area contributed by atoms with Crippen molar-refractivity contribution in [3.05, 3.63) is 0 Å². The summed E-state index contributed by atoms with van der Waals surface area (Å²) in [5, 5.41) is 6.32. The predicted molar refractivity (Wildman–Crippen MR) is 63.5 cm³/mol. The maximum Gasteiger partial charge on any atom is 0.317 e. The molecular weight excluding hydrogens is 204 g/mol. The highest BCUT2D eigenvalue weighted by atomic mass is 16.2. The Kier molecular flexibility index (Phi) is 3.66. The third kappa shape index (κ3) is 2.65. The molecule has 5 heteroatoms. The van der Waals surface area contributed by atoms with Gasteiger partial charge in [-0.2, -0.15) is 0 Å². The van der Waals surface area contributed by atoms with E-state index in [1.54, 1.807) is 0 Å². The Morgan fingerprint density at radius 2 is 2.31 bits per heavy atom. The normalized spacial score (nSPS) is 26.1. The molecule has 2 saturated heterocycles. The van der Waals surface area contributed by atoms with E-state index >= 15 is 0 Å². The van der Waals surface area contributed by atoms with Crippen molar-refractivity contribution in [1.82, 2.24) is 20.4 Å². The van der Waals surface area contributed by atoms with E-state index in [1.165, 1.54) is 0 Å². The first-order chi connectivity index (χ1) is 7.66. The Hall–Kier alpha value is -0.810. The molecule has 0 aromatic rings. The van der Waals surface area contributed by atoms with Crippen molar-refractivity contribution in [2.45, 2.75) is 25.9 Å². The van der Waals surface area contributed by atoms with Gasteiger partial charge in [-0.15, -0.1) is 0 Å². The van der Waals surface area contributed by atoms with Gasteiger partial charge < -0.3 is 15.5 Å². The second-order valence-electron chi connectivity index (χ2n) is 4.94. The van der Waals surface area contributed by atoms with Gasteiger partial charge in [0.25, 0.3) is 0 Å². The molecule has 2 N–H and O–H groups in total. The molecule has 0 spiro atoms. The number of nitrogens with zero attached hydrogens (tertiary/aromatic N) is 2. The monoisotopic (exact) mass is 226 g/mol. The van der Waals surface area contributed by atoms with Crippen LogP contribution in [0.4, 0.5) is 4.79 Å². The Labute approximate surface area is 97.2 Å². The Morgan fingerprint density at radius 3 is 3.06 bits per heavy atom. The average Bonchev–Trinajstić information content (AvgIpc) is 2.60. The predicted octanol–water partition coefficient (Wildman–Crippen LogP) is -0.306. The van der Waals surface area contributed by atoms with Crippen LogP contribution in [0, 0.1) is 0 Å². The molecule has 2 heterocycles. The van der Waals surface area contributed by atoms with Gasteiger partial charge in [0.1, 0.15) is 0 Å². The lowest BCUT2D eigenvalue weighted by molar-refractivity contribution is 0.121. The molecule has 0 aromatic carbocycles. The summed E-state index contributed by atoms with van der Waals surface area (Å²) in [5.41, 5.74) is 0. The van der Waals surface area contributed by atoms with Crippen LogP contribution in [0.5, 0.6) is 0 Å². The third-order valence-corrected chi connectivity index (χ3v) is 3.30. The average molecular weight is 226 g/mol. The van der Waals surface area contributed by atoms with Gasteiger partial charge in [-0.3, -0.25) is 4.90 Å². The summed E-state index contributed by atoms with van der Waals surface area (Å²) in [4.78, 5) is 15.8. The van der Waals surface area contributed by atoms with Gasteiger partial charge in [0.05, 0.1) is 6.04 Å². The van der Waals surface area contributed by atoms with E-state index in [9.17, 15) is 4.79 Å². The molecule has 5 nitrogen and oxygen atoms in total. The zero-order chi connectivity index (χ0) is 11.5. The molecule has 16 heavy (non-hydrogen) atoms. The summed E-state index contributed by atoms with van der Waals surface area (Å²) in [7, 11) is 0. The fourth-order valence-electron chi connectivity index (χ4n) is 2.38. The van der Waals surface area contributed by atoms with Crippen LogP contribution in [-0.2, 0) is 0 Å². The molecule has 0 radical (unpaired) electrons. The molecule has 1 atom stereocenters.